The predicted molar refractivity (Wildman–Crippen MR) is 68.5 cm³/mol. The van der Waals surface area contributed by atoms with Crippen LogP contribution in [0, 0.1) is 0 Å². The lowest BCUT2D eigenvalue weighted by molar-refractivity contribution is -0.143. The molecular formula is C13H24N2O3. The molecule has 5 nitrogen and oxygen atoms in total. The van der Waals surface area contributed by atoms with Crippen molar-refractivity contribution in [2.45, 2.75) is 38.3 Å². The van der Waals surface area contributed by atoms with Crippen molar-refractivity contribution in [3.63, 3.8) is 0 Å². The summed E-state index contributed by atoms with van der Waals surface area (Å²) in [5.74, 6) is -0.0749. The fraction of sp³-hybridized carbons (Fsp3) is 0.923. The summed E-state index contributed by atoms with van der Waals surface area (Å²) in [6.45, 7) is 7.14. The minimum Gasteiger partial charge on any atom is -0.466 e. The number of ether oxygens (including phenoxy) is 2. The molecule has 2 rings (SSSR count). The van der Waals surface area contributed by atoms with Crippen LogP contribution in [0.25, 0.3) is 0 Å². The first kappa shape index (κ1) is 13.8. The van der Waals surface area contributed by atoms with Crippen molar-refractivity contribution in [1.82, 2.24) is 10.2 Å². The maximum absolute atomic E-state index is 11.3. The lowest BCUT2D eigenvalue weighted by Crippen LogP contribution is -2.44. The lowest BCUT2D eigenvalue weighted by Gasteiger charge is -2.31. The number of rotatable bonds is 5. The molecule has 104 valence electrons. The number of hydrogen-bond donors (Lipinski definition) is 1. The molecule has 0 unspecified atom stereocenters. The molecule has 2 aliphatic rings. The van der Waals surface area contributed by atoms with E-state index >= 15 is 0 Å². The summed E-state index contributed by atoms with van der Waals surface area (Å²) in [5, 5.41) is 3.51. The van der Waals surface area contributed by atoms with Crippen LogP contribution >= 0.6 is 0 Å². The summed E-state index contributed by atoms with van der Waals surface area (Å²) in [6.07, 6.45) is 2.56. The van der Waals surface area contributed by atoms with Crippen LogP contribution in [-0.2, 0) is 14.3 Å². The van der Waals surface area contributed by atoms with E-state index in [9.17, 15) is 4.79 Å². The van der Waals surface area contributed by atoms with Gasteiger partial charge in [-0.05, 0) is 19.8 Å². The minimum atomic E-state index is -0.0749. The smallest absolute Gasteiger partial charge is 0.305 e. The topological polar surface area (TPSA) is 50.8 Å². The molecule has 1 N–H and O–H groups in total. The van der Waals surface area contributed by atoms with Gasteiger partial charge in [-0.3, -0.25) is 9.69 Å². The van der Waals surface area contributed by atoms with Gasteiger partial charge in [-0.15, -0.1) is 0 Å². The molecule has 0 aliphatic carbocycles. The fourth-order valence-electron chi connectivity index (χ4n) is 2.76. The number of nitrogens with one attached hydrogen (secondary N) is 1. The molecule has 2 aliphatic heterocycles. The highest BCUT2D eigenvalue weighted by molar-refractivity contribution is 5.69. The normalized spacial score (nSPS) is 29.4. The SMILES string of the molecule is CCOC(=O)CC[C@@H]1C[C@@H](N2CCOCC2)CN1. The molecule has 0 aromatic heterocycles. The second-order valence-corrected chi connectivity index (χ2v) is 4.99. The lowest BCUT2D eigenvalue weighted by atomic mass is 10.1. The van der Waals surface area contributed by atoms with Crippen LogP contribution in [-0.4, -0.2) is 62.4 Å². The number of morpholine rings is 1. The van der Waals surface area contributed by atoms with Gasteiger partial charge in [-0.1, -0.05) is 0 Å². The van der Waals surface area contributed by atoms with Crippen molar-refractivity contribution < 1.29 is 14.3 Å². The van der Waals surface area contributed by atoms with E-state index in [4.69, 9.17) is 9.47 Å². The second-order valence-electron chi connectivity index (χ2n) is 4.99. The highest BCUT2D eigenvalue weighted by atomic mass is 16.5. The zero-order chi connectivity index (χ0) is 12.8. The van der Waals surface area contributed by atoms with Crippen LogP contribution in [0.5, 0.6) is 0 Å². The Morgan fingerprint density at radius 3 is 2.94 bits per heavy atom. The van der Waals surface area contributed by atoms with Crippen LogP contribution in [0.4, 0.5) is 0 Å². The van der Waals surface area contributed by atoms with Crippen molar-refractivity contribution in [3.05, 3.63) is 0 Å². The van der Waals surface area contributed by atoms with Gasteiger partial charge in [0.05, 0.1) is 19.8 Å². The van der Waals surface area contributed by atoms with Gasteiger partial charge in [0.15, 0.2) is 0 Å². The number of carbonyl (C=O) groups excluding carboxylic acids is 1. The average molecular weight is 256 g/mol. The van der Waals surface area contributed by atoms with Gasteiger partial charge in [0, 0.05) is 38.1 Å². The minimum absolute atomic E-state index is 0.0749. The summed E-state index contributed by atoms with van der Waals surface area (Å²) in [7, 11) is 0. The van der Waals surface area contributed by atoms with E-state index in [-0.39, 0.29) is 5.97 Å². The van der Waals surface area contributed by atoms with Crippen molar-refractivity contribution >= 4 is 5.97 Å². The van der Waals surface area contributed by atoms with Crippen LogP contribution in [0.1, 0.15) is 26.2 Å². The Hall–Kier alpha value is -0.650. The zero-order valence-corrected chi connectivity index (χ0v) is 11.2. The number of hydrogen-bond acceptors (Lipinski definition) is 5. The summed E-state index contributed by atoms with van der Waals surface area (Å²) in [5.41, 5.74) is 0. The summed E-state index contributed by atoms with van der Waals surface area (Å²) in [4.78, 5) is 13.8. The van der Waals surface area contributed by atoms with E-state index < -0.39 is 0 Å². The second kappa shape index (κ2) is 7.07. The van der Waals surface area contributed by atoms with Gasteiger partial charge < -0.3 is 14.8 Å². The van der Waals surface area contributed by atoms with Gasteiger partial charge in [-0.2, -0.15) is 0 Å². The number of nitrogens with zero attached hydrogens (tertiary/aromatic N) is 1. The van der Waals surface area contributed by atoms with Crippen LogP contribution in [0.3, 0.4) is 0 Å². The Balaban J connectivity index is 1.66. The third kappa shape index (κ3) is 3.93. The summed E-state index contributed by atoms with van der Waals surface area (Å²) < 4.78 is 10.3. The molecule has 2 heterocycles. The average Bonchev–Trinajstić information content (AvgIpc) is 2.87. The van der Waals surface area contributed by atoms with E-state index in [0.717, 1.165) is 45.7 Å². The van der Waals surface area contributed by atoms with Gasteiger partial charge in [0.2, 0.25) is 0 Å². The Labute approximate surface area is 109 Å². The maximum Gasteiger partial charge on any atom is 0.305 e. The third-order valence-corrected chi connectivity index (χ3v) is 3.76. The van der Waals surface area contributed by atoms with Crippen molar-refractivity contribution in [1.29, 1.82) is 0 Å². The zero-order valence-electron chi connectivity index (χ0n) is 11.2. The molecule has 0 amide bonds. The third-order valence-electron chi connectivity index (χ3n) is 3.76. The highest BCUT2D eigenvalue weighted by Gasteiger charge is 2.29. The van der Waals surface area contributed by atoms with Crippen molar-refractivity contribution in [3.8, 4) is 0 Å². The van der Waals surface area contributed by atoms with E-state index in [1.807, 2.05) is 6.92 Å². The molecule has 0 saturated carbocycles. The van der Waals surface area contributed by atoms with Gasteiger partial charge in [0.25, 0.3) is 0 Å². The Morgan fingerprint density at radius 1 is 1.44 bits per heavy atom. The Morgan fingerprint density at radius 2 is 2.22 bits per heavy atom. The monoisotopic (exact) mass is 256 g/mol. The maximum atomic E-state index is 11.3. The van der Waals surface area contributed by atoms with E-state index in [1.54, 1.807) is 0 Å². The number of carbonyl (C=O) groups is 1. The van der Waals surface area contributed by atoms with Crippen LogP contribution in [0.2, 0.25) is 0 Å². The van der Waals surface area contributed by atoms with E-state index in [0.29, 0.717) is 25.1 Å². The van der Waals surface area contributed by atoms with Gasteiger partial charge >= 0.3 is 5.97 Å². The van der Waals surface area contributed by atoms with Crippen LogP contribution in [0.15, 0.2) is 0 Å². The molecule has 0 aromatic carbocycles. The molecule has 0 spiro atoms. The molecule has 0 bridgehead atoms. The molecule has 2 saturated heterocycles. The molecule has 0 aromatic rings. The molecule has 5 heteroatoms. The highest BCUT2D eigenvalue weighted by Crippen LogP contribution is 2.18. The summed E-state index contributed by atoms with van der Waals surface area (Å²) >= 11 is 0. The Kier molecular flexibility index (Phi) is 5.41. The molecule has 0 radical (unpaired) electrons. The quantitative estimate of drug-likeness (QED) is 0.721. The first-order chi connectivity index (χ1) is 8.79. The van der Waals surface area contributed by atoms with Crippen molar-refractivity contribution in [2.24, 2.45) is 0 Å². The Bertz CT molecular complexity index is 267. The van der Waals surface area contributed by atoms with E-state index in [2.05, 4.69) is 10.2 Å². The predicted octanol–water partition coefficient (Wildman–Crippen LogP) is 0.392. The molecule has 2 fully saturated rings. The van der Waals surface area contributed by atoms with Crippen molar-refractivity contribution in [2.75, 3.05) is 39.5 Å². The standard InChI is InChI=1S/C13H24N2O3/c1-2-18-13(16)4-3-11-9-12(10-14-11)15-5-7-17-8-6-15/h11-12,14H,2-10H2,1H3/t11-,12-/m1/s1. The first-order valence-corrected chi connectivity index (χ1v) is 7.00. The summed E-state index contributed by atoms with van der Waals surface area (Å²) in [6, 6.07) is 1.07. The van der Waals surface area contributed by atoms with E-state index in [1.165, 1.54) is 0 Å². The van der Waals surface area contributed by atoms with Crippen LogP contribution < -0.4 is 5.32 Å². The van der Waals surface area contributed by atoms with Gasteiger partial charge in [-0.25, -0.2) is 0 Å². The molecule has 18 heavy (non-hydrogen) atoms. The number of esters is 1. The fourth-order valence-corrected chi connectivity index (χ4v) is 2.76. The molecule has 2 atom stereocenters. The van der Waals surface area contributed by atoms with Gasteiger partial charge in [0.1, 0.15) is 0 Å². The largest absolute Gasteiger partial charge is 0.466 e. The molecular weight excluding hydrogens is 232 g/mol. The first-order valence-electron chi connectivity index (χ1n) is 7.00.